The molecule has 2 aliphatic heterocycles. The Morgan fingerprint density at radius 2 is 1.50 bits per heavy atom. The predicted molar refractivity (Wildman–Crippen MR) is 64.2 cm³/mol. The lowest BCUT2D eigenvalue weighted by molar-refractivity contribution is -0.0667. The van der Waals surface area contributed by atoms with Gasteiger partial charge in [-0.2, -0.15) is 0 Å². The Balaban J connectivity index is 1.94. The van der Waals surface area contributed by atoms with E-state index in [1.165, 1.54) is 8.42 Å². The van der Waals surface area contributed by atoms with Crippen molar-refractivity contribution in [1.29, 1.82) is 0 Å². The quantitative estimate of drug-likeness (QED) is 0.677. The molecule has 14 heavy (non-hydrogen) atoms. The van der Waals surface area contributed by atoms with Gasteiger partial charge in [-0.1, -0.05) is 35.7 Å². The van der Waals surface area contributed by atoms with Gasteiger partial charge in [0.15, 0.2) is 0 Å². The van der Waals surface area contributed by atoms with Crippen molar-refractivity contribution in [1.82, 2.24) is 0 Å². The van der Waals surface area contributed by atoms with Crippen molar-refractivity contribution in [3.8, 4) is 0 Å². The molecule has 3 rings (SSSR count). The summed E-state index contributed by atoms with van der Waals surface area (Å²) in [6.07, 6.45) is 0. The van der Waals surface area contributed by atoms with Crippen LogP contribution in [0.25, 0.3) is 0 Å². The number of hydrogen-bond donors (Lipinski definition) is 0. The smallest absolute Gasteiger partial charge is 0.145 e. The molecule has 0 amide bonds. The van der Waals surface area contributed by atoms with Crippen molar-refractivity contribution in [2.45, 2.75) is 19.3 Å². The van der Waals surface area contributed by atoms with Gasteiger partial charge in [-0.05, 0) is 0 Å². The highest BCUT2D eigenvalue weighted by Gasteiger charge is 2.35. The number of rotatable bonds is 0. The van der Waals surface area contributed by atoms with Crippen molar-refractivity contribution >= 4 is 58.4 Å². The van der Waals surface area contributed by atoms with Crippen LogP contribution in [-0.4, -0.2) is 24.1 Å². The summed E-state index contributed by atoms with van der Waals surface area (Å²) >= 11 is 12.1. The molecule has 1 aromatic heterocycles. The molecule has 2 nitrogen and oxygen atoms in total. The first kappa shape index (κ1) is 10.1. The van der Waals surface area contributed by atoms with Crippen LogP contribution in [-0.2, 0) is 9.47 Å². The topological polar surface area (TPSA) is 18.5 Å². The van der Waals surface area contributed by atoms with Crippen LogP contribution >= 0.6 is 58.4 Å². The SMILES string of the molecule is S=c1sc2c(s1)S[C@@H]1OCCO[C@H]1S2. The number of hydrogen-bond acceptors (Lipinski definition) is 7. The molecule has 2 aliphatic rings. The second-order valence-electron chi connectivity index (χ2n) is 2.74. The maximum atomic E-state index is 5.64. The third kappa shape index (κ3) is 1.79. The summed E-state index contributed by atoms with van der Waals surface area (Å²) in [4.78, 5) is 0. The Morgan fingerprint density at radius 1 is 1.00 bits per heavy atom. The minimum absolute atomic E-state index is 0.154. The monoisotopic (exact) mass is 282 g/mol. The molecule has 0 spiro atoms. The maximum Gasteiger partial charge on any atom is 0.145 e. The third-order valence-electron chi connectivity index (χ3n) is 1.83. The molecule has 76 valence electrons. The Morgan fingerprint density at radius 3 is 2.00 bits per heavy atom. The fourth-order valence-corrected chi connectivity index (χ4v) is 7.73. The molecule has 0 N–H and O–H groups in total. The molecule has 1 aromatic rings. The Kier molecular flexibility index (Phi) is 2.91. The van der Waals surface area contributed by atoms with Crippen LogP contribution in [0, 0.1) is 3.14 Å². The van der Waals surface area contributed by atoms with Gasteiger partial charge in [0.1, 0.15) is 14.0 Å². The molecule has 0 unspecified atom stereocenters. The van der Waals surface area contributed by atoms with Gasteiger partial charge < -0.3 is 9.47 Å². The summed E-state index contributed by atoms with van der Waals surface area (Å²) < 4.78 is 14.9. The average Bonchev–Trinajstić information content (AvgIpc) is 2.53. The van der Waals surface area contributed by atoms with Gasteiger partial charge >= 0.3 is 0 Å². The molecular formula is C7H6O2S5. The first-order valence-electron chi connectivity index (χ1n) is 4.03. The molecule has 0 aliphatic carbocycles. The molecule has 3 heterocycles. The van der Waals surface area contributed by atoms with E-state index in [0.29, 0.717) is 13.2 Å². The molecule has 7 heteroatoms. The summed E-state index contributed by atoms with van der Waals surface area (Å²) in [5, 5.41) is 0. The molecule has 2 atom stereocenters. The predicted octanol–water partition coefficient (Wildman–Crippen LogP) is 3.44. The summed E-state index contributed by atoms with van der Waals surface area (Å²) in [7, 11) is 0. The second kappa shape index (κ2) is 4.04. The second-order valence-corrected chi connectivity index (χ2v) is 8.70. The molecule has 1 saturated heterocycles. The lowest BCUT2D eigenvalue weighted by Crippen LogP contribution is -2.35. The van der Waals surface area contributed by atoms with E-state index in [0.717, 1.165) is 3.14 Å². The summed E-state index contributed by atoms with van der Waals surface area (Å²) in [5.41, 5.74) is 0.308. The van der Waals surface area contributed by atoms with Crippen LogP contribution in [0.4, 0.5) is 0 Å². The molecule has 0 bridgehead atoms. The minimum Gasteiger partial charge on any atom is -0.361 e. The highest BCUT2D eigenvalue weighted by Crippen LogP contribution is 2.51. The van der Waals surface area contributed by atoms with E-state index >= 15 is 0 Å². The minimum atomic E-state index is 0.154. The zero-order chi connectivity index (χ0) is 9.54. The van der Waals surface area contributed by atoms with Crippen molar-refractivity contribution in [2.75, 3.05) is 13.2 Å². The van der Waals surface area contributed by atoms with E-state index < -0.39 is 0 Å². The largest absolute Gasteiger partial charge is 0.361 e. The average molecular weight is 282 g/mol. The van der Waals surface area contributed by atoms with Gasteiger partial charge in [0.25, 0.3) is 0 Å². The van der Waals surface area contributed by atoms with Gasteiger partial charge in [0.05, 0.1) is 21.6 Å². The Hall–Kier alpha value is 0.890. The molecule has 1 fully saturated rings. The fourth-order valence-electron chi connectivity index (χ4n) is 1.28. The lowest BCUT2D eigenvalue weighted by atomic mass is 10.6. The fraction of sp³-hybridized carbons (Fsp3) is 0.571. The van der Waals surface area contributed by atoms with Gasteiger partial charge in [0.2, 0.25) is 0 Å². The van der Waals surface area contributed by atoms with E-state index in [-0.39, 0.29) is 10.9 Å². The maximum absolute atomic E-state index is 5.64. The van der Waals surface area contributed by atoms with Crippen molar-refractivity contribution < 1.29 is 9.47 Å². The van der Waals surface area contributed by atoms with Crippen molar-refractivity contribution in [3.63, 3.8) is 0 Å². The van der Waals surface area contributed by atoms with Crippen LogP contribution < -0.4 is 0 Å². The van der Waals surface area contributed by atoms with Crippen LogP contribution in [0.5, 0.6) is 0 Å². The standard InChI is InChI=1S/C7H6O2S5/c10-7-13-5-6(14-7)12-4-3(11-5)8-1-2-9-4/h3-4H,1-2H2/t3-,4-/m0/s1. The normalized spacial score (nSPS) is 30.9. The van der Waals surface area contributed by atoms with Gasteiger partial charge in [-0.15, -0.1) is 22.7 Å². The molecule has 0 radical (unpaired) electrons. The van der Waals surface area contributed by atoms with Crippen LogP contribution in [0.15, 0.2) is 8.42 Å². The van der Waals surface area contributed by atoms with Crippen LogP contribution in [0.3, 0.4) is 0 Å². The van der Waals surface area contributed by atoms with Crippen LogP contribution in [0.2, 0.25) is 0 Å². The summed E-state index contributed by atoms with van der Waals surface area (Å²) in [5.74, 6) is 0. The zero-order valence-electron chi connectivity index (χ0n) is 6.93. The molecule has 0 aromatic carbocycles. The van der Waals surface area contributed by atoms with Gasteiger partial charge in [0, 0.05) is 0 Å². The third-order valence-corrected chi connectivity index (χ3v) is 7.78. The number of ether oxygens (including phenoxy) is 2. The van der Waals surface area contributed by atoms with E-state index in [1.54, 1.807) is 46.2 Å². The van der Waals surface area contributed by atoms with E-state index in [1.807, 2.05) is 0 Å². The van der Waals surface area contributed by atoms with Gasteiger partial charge in [-0.3, -0.25) is 0 Å². The van der Waals surface area contributed by atoms with Crippen molar-refractivity contribution in [3.05, 3.63) is 3.14 Å². The highest BCUT2D eigenvalue weighted by molar-refractivity contribution is 8.09. The number of thioether (sulfide) groups is 2. The zero-order valence-corrected chi connectivity index (χ0v) is 11.0. The summed E-state index contributed by atoms with van der Waals surface area (Å²) in [6.45, 7) is 1.42. The van der Waals surface area contributed by atoms with E-state index in [9.17, 15) is 0 Å². The van der Waals surface area contributed by atoms with E-state index in [2.05, 4.69) is 0 Å². The Labute approximate surface area is 103 Å². The Bertz CT molecular complexity index is 363. The summed E-state index contributed by atoms with van der Waals surface area (Å²) in [6, 6.07) is 0. The highest BCUT2D eigenvalue weighted by atomic mass is 32.2. The van der Waals surface area contributed by atoms with Gasteiger partial charge in [-0.25, -0.2) is 0 Å². The first-order chi connectivity index (χ1) is 6.83. The van der Waals surface area contributed by atoms with E-state index in [4.69, 9.17) is 21.7 Å². The molecular weight excluding hydrogens is 276 g/mol. The molecule has 0 saturated carbocycles. The van der Waals surface area contributed by atoms with Crippen molar-refractivity contribution in [2.24, 2.45) is 0 Å². The number of fused-ring (bicyclic) bond motifs is 2. The first-order valence-corrected chi connectivity index (χ1v) is 7.83. The van der Waals surface area contributed by atoms with Crippen LogP contribution in [0.1, 0.15) is 0 Å². The lowest BCUT2D eigenvalue weighted by Gasteiger charge is -2.33.